The number of carbonyl (C=O) groups excluding carboxylic acids is 2. The monoisotopic (exact) mass is 370 g/mol. The first-order valence-electron chi connectivity index (χ1n) is 7.72. The Balaban J connectivity index is 1.95. The summed E-state index contributed by atoms with van der Waals surface area (Å²) >= 11 is 6.14. The van der Waals surface area contributed by atoms with Crippen LogP contribution in [0.3, 0.4) is 0 Å². The maximum Gasteiger partial charge on any atom is 0.337 e. The van der Waals surface area contributed by atoms with Crippen molar-refractivity contribution in [2.24, 2.45) is 0 Å². The zero-order valence-electron chi connectivity index (χ0n) is 14.1. The van der Waals surface area contributed by atoms with E-state index < -0.39 is 11.9 Å². The normalized spacial score (nSPS) is 10.4. The molecular formula is C19H15ClN2O4. The van der Waals surface area contributed by atoms with E-state index in [-0.39, 0.29) is 5.56 Å². The number of aryl methyl sites for hydroxylation is 1. The van der Waals surface area contributed by atoms with E-state index in [0.717, 1.165) is 5.56 Å². The highest BCUT2D eigenvalue weighted by atomic mass is 35.5. The average Bonchev–Trinajstić information content (AvgIpc) is 3.05. The first kappa shape index (κ1) is 17.7. The third-order valence-corrected chi connectivity index (χ3v) is 4.10. The molecule has 0 unspecified atom stereocenters. The van der Waals surface area contributed by atoms with Crippen LogP contribution in [0.5, 0.6) is 0 Å². The molecule has 1 heterocycles. The summed E-state index contributed by atoms with van der Waals surface area (Å²) in [6, 6.07) is 13.7. The fourth-order valence-electron chi connectivity index (χ4n) is 2.48. The van der Waals surface area contributed by atoms with Gasteiger partial charge >= 0.3 is 5.97 Å². The van der Waals surface area contributed by atoms with E-state index in [0.29, 0.717) is 27.7 Å². The topological polar surface area (TPSA) is 81.4 Å². The number of nitrogens with zero attached hydrogens (tertiary/aromatic N) is 1. The fourth-order valence-corrected chi connectivity index (χ4v) is 2.65. The largest absolute Gasteiger partial charge is 0.465 e. The van der Waals surface area contributed by atoms with Crippen molar-refractivity contribution in [3.05, 3.63) is 70.4 Å². The summed E-state index contributed by atoms with van der Waals surface area (Å²) in [5.74, 6) is -0.587. The second kappa shape index (κ2) is 7.41. The van der Waals surface area contributed by atoms with Gasteiger partial charge in [0.05, 0.1) is 23.4 Å². The Kier molecular flexibility index (Phi) is 5.04. The van der Waals surface area contributed by atoms with E-state index in [2.05, 4.69) is 15.2 Å². The van der Waals surface area contributed by atoms with Crippen molar-refractivity contribution in [2.75, 3.05) is 12.4 Å². The van der Waals surface area contributed by atoms with E-state index in [4.69, 9.17) is 16.1 Å². The summed E-state index contributed by atoms with van der Waals surface area (Å²) in [7, 11) is 1.28. The highest BCUT2D eigenvalue weighted by molar-refractivity contribution is 6.34. The highest BCUT2D eigenvalue weighted by Gasteiger charge is 2.22. The van der Waals surface area contributed by atoms with Gasteiger partial charge in [0.15, 0.2) is 0 Å². The van der Waals surface area contributed by atoms with Crippen molar-refractivity contribution < 1.29 is 18.8 Å². The number of aromatic nitrogens is 1. The first-order chi connectivity index (χ1) is 12.5. The van der Waals surface area contributed by atoms with Crippen LogP contribution in [-0.2, 0) is 4.74 Å². The molecule has 6 nitrogen and oxygen atoms in total. The van der Waals surface area contributed by atoms with Crippen LogP contribution in [0.4, 0.5) is 5.69 Å². The number of amides is 1. The van der Waals surface area contributed by atoms with Crippen molar-refractivity contribution >= 4 is 29.2 Å². The van der Waals surface area contributed by atoms with Crippen LogP contribution in [0.25, 0.3) is 11.3 Å². The highest BCUT2D eigenvalue weighted by Crippen LogP contribution is 2.28. The molecule has 0 fully saturated rings. The number of rotatable bonds is 4. The summed E-state index contributed by atoms with van der Waals surface area (Å²) in [5.41, 5.74) is 2.05. The molecule has 26 heavy (non-hydrogen) atoms. The van der Waals surface area contributed by atoms with Crippen LogP contribution in [0.1, 0.15) is 26.5 Å². The lowest BCUT2D eigenvalue weighted by atomic mass is 10.1. The van der Waals surface area contributed by atoms with Crippen LogP contribution >= 0.6 is 11.6 Å². The van der Waals surface area contributed by atoms with E-state index in [1.165, 1.54) is 25.3 Å². The van der Waals surface area contributed by atoms with Gasteiger partial charge in [0.1, 0.15) is 17.0 Å². The van der Waals surface area contributed by atoms with E-state index in [1.807, 2.05) is 30.3 Å². The molecule has 1 N–H and O–H groups in total. The molecule has 0 aliphatic carbocycles. The van der Waals surface area contributed by atoms with Crippen molar-refractivity contribution in [3.63, 3.8) is 0 Å². The van der Waals surface area contributed by atoms with Crippen molar-refractivity contribution in [2.45, 2.75) is 6.92 Å². The minimum absolute atomic E-state index is 0.275. The van der Waals surface area contributed by atoms with Crippen LogP contribution in [-0.4, -0.2) is 24.1 Å². The number of hydrogen-bond donors (Lipinski definition) is 1. The fraction of sp³-hybridized carbons (Fsp3) is 0.105. The lowest BCUT2D eigenvalue weighted by Gasteiger charge is -2.09. The molecule has 0 bridgehead atoms. The number of nitrogens with one attached hydrogen (secondary N) is 1. The molecule has 0 saturated carbocycles. The summed E-state index contributed by atoms with van der Waals surface area (Å²) in [4.78, 5) is 24.5. The van der Waals surface area contributed by atoms with Gasteiger partial charge in [-0.3, -0.25) is 4.79 Å². The molecule has 7 heteroatoms. The quantitative estimate of drug-likeness (QED) is 0.691. The summed E-state index contributed by atoms with van der Waals surface area (Å²) in [5, 5.41) is 6.98. The minimum Gasteiger partial charge on any atom is -0.465 e. The third-order valence-electron chi connectivity index (χ3n) is 3.77. The maximum absolute atomic E-state index is 12.8. The molecule has 0 aliphatic rings. The molecule has 132 valence electrons. The van der Waals surface area contributed by atoms with E-state index >= 15 is 0 Å². The van der Waals surface area contributed by atoms with Gasteiger partial charge in [-0.05, 0) is 25.1 Å². The van der Waals surface area contributed by atoms with Gasteiger partial charge in [0.25, 0.3) is 5.91 Å². The number of halogens is 1. The molecular weight excluding hydrogens is 356 g/mol. The van der Waals surface area contributed by atoms with Gasteiger partial charge in [0.2, 0.25) is 0 Å². The molecule has 0 atom stereocenters. The molecule has 0 aliphatic heterocycles. The number of methoxy groups -OCH3 is 1. The second-order valence-corrected chi connectivity index (χ2v) is 5.88. The Morgan fingerprint density at radius 2 is 1.88 bits per heavy atom. The van der Waals surface area contributed by atoms with Crippen LogP contribution < -0.4 is 5.32 Å². The Morgan fingerprint density at radius 3 is 2.58 bits per heavy atom. The number of carbonyl (C=O) groups is 2. The van der Waals surface area contributed by atoms with Gasteiger partial charge in [-0.1, -0.05) is 47.1 Å². The molecule has 1 amide bonds. The van der Waals surface area contributed by atoms with E-state index in [9.17, 15) is 9.59 Å². The number of esters is 1. The van der Waals surface area contributed by atoms with Crippen molar-refractivity contribution in [1.82, 2.24) is 5.16 Å². The number of anilines is 1. The van der Waals surface area contributed by atoms with Crippen LogP contribution in [0, 0.1) is 6.92 Å². The van der Waals surface area contributed by atoms with Crippen molar-refractivity contribution in [3.8, 4) is 11.3 Å². The Bertz CT molecular complexity index is 967. The summed E-state index contributed by atoms with van der Waals surface area (Å²) in [6.45, 7) is 1.65. The molecule has 0 spiro atoms. The summed E-state index contributed by atoms with van der Waals surface area (Å²) < 4.78 is 9.89. The van der Waals surface area contributed by atoms with Crippen LogP contribution in [0.15, 0.2) is 53.1 Å². The van der Waals surface area contributed by atoms with Gasteiger partial charge < -0.3 is 14.6 Å². The lowest BCUT2D eigenvalue weighted by molar-refractivity contribution is 0.0600. The van der Waals surface area contributed by atoms with Gasteiger partial charge in [-0.2, -0.15) is 0 Å². The lowest BCUT2D eigenvalue weighted by Crippen LogP contribution is -2.14. The van der Waals surface area contributed by atoms with Crippen molar-refractivity contribution in [1.29, 1.82) is 0 Å². The van der Waals surface area contributed by atoms with Crippen LogP contribution in [0.2, 0.25) is 5.02 Å². The predicted molar refractivity (Wildman–Crippen MR) is 97.4 cm³/mol. The maximum atomic E-state index is 12.8. The third kappa shape index (κ3) is 3.45. The molecule has 3 rings (SSSR count). The zero-order chi connectivity index (χ0) is 18.7. The Morgan fingerprint density at radius 1 is 1.15 bits per heavy atom. The smallest absolute Gasteiger partial charge is 0.337 e. The molecule has 0 radical (unpaired) electrons. The Hall–Kier alpha value is -3.12. The average molecular weight is 371 g/mol. The molecule has 0 saturated heterocycles. The number of ether oxygens (including phenoxy) is 1. The number of hydrogen-bond acceptors (Lipinski definition) is 5. The SMILES string of the molecule is COC(=O)c1ccc(Cl)c(NC(=O)c2c(-c3ccccc3)noc2C)c1. The molecule has 2 aromatic carbocycles. The standard InChI is InChI=1S/C19H15ClN2O4/c1-11-16(17(22-26-11)12-6-4-3-5-7-12)18(23)21-15-10-13(19(24)25-2)8-9-14(15)20/h3-10H,1-2H3,(H,21,23). The van der Waals surface area contributed by atoms with E-state index in [1.54, 1.807) is 6.92 Å². The number of benzene rings is 2. The van der Waals surface area contributed by atoms with Gasteiger partial charge in [-0.25, -0.2) is 4.79 Å². The van der Waals surface area contributed by atoms with Gasteiger partial charge in [-0.15, -0.1) is 0 Å². The summed E-state index contributed by atoms with van der Waals surface area (Å²) in [6.07, 6.45) is 0. The predicted octanol–water partition coefficient (Wildman–Crippen LogP) is 4.34. The molecule has 1 aromatic heterocycles. The minimum atomic E-state index is -0.525. The second-order valence-electron chi connectivity index (χ2n) is 5.47. The first-order valence-corrected chi connectivity index (χ1v) is 8.10. The van der Waals surface area contributed by atoms with Gasteiger partial charge in [0, 0.05) is 5.56 Å². The molecule has 3 aromatic rings. The Labute approximate surface area is 154 Å². The zero-order valence-corrected chi connectivity index (χ0v) is 14.8.